The molecule has 5 aliphatic heterocycles. The van der Waals surface area contributed by atoms with Crippen LogP contribution in [0, 0.1) is 0 Å². The van der Waals surface area contributed by atoms with Crippen molar-refractivity contribution in [2.75, 3.05) is 271 Å². The lowest BCUT2D eigenvalue weighted by Crippen LogP contribution is -2.29. The second kappa shape index (κ2) is 63.6. The van der Waals surface area contributed by atoms with Crippen LogP contribution in [0.4, 0.5) is 0 Å². The second-order valence-electron chi connectivity index (χ2n) is 20.1. The van der Waals surface area contributed by atoms with Crippen molar-refractivity contribution in [3.8, 4) is 23.0 Å². The van der Waals surface area contributed by atoms with E-state index in [2.05, 4.69) is 32.9 Å². The van der Waals surface area contributed by atoms with Crippen molar-refractivity contribution in [1.82, 2.24) is 0 Å². The van der Waals surface area contributed by atoms with E-state index in [0.717, 1.165) is 53.4 Å². The van der Waals surface area contributed by atoms with Crippen molar-refractivity contribution < 1.29 is 114 Å². The average molecular weight is 1330 g/mol. The molecule has 0 aliphatic carbocycles. The Hall–Kier alpha value is -4.46. The highest BCUT2D eigenvalue weighted by Gasteiger charge is 2.16. The molecule has 5 heterocycles. The van der Waals surface area contributed by atoms with E-state index < -0.39 is 0 Å². The van der Waals surface area contributed by atoms with Crippen LogP contribution in [-0.2, 0) is 108 Å². The molecule has 7 rings (SSSR count). The smallest absolute Gasteiger partial charge is 0.164 e. The normalized spacial score (nSPS) is 21.7. The molecular formula is C69H112O24. The Morgan fingerprint density at radius 3 is 0.860 bits per heavy atom. The highest BCUT2D eigenvalue weighted by molar-refractivity contribution is 5.48. The minimum Gasteiger partial charge on any atom is -0.487 e. The van der Waals surface area contributed by atoms with Gasteiger partial charge in [-0.1, -0.05) is 54.6 Å². The van der Waals surface area contributed by atoms with Gasteiger partial charge in [0.15, 0.2) is 23.0 Å². The van der Waals surface area contributed by atoms with Crippen molar-refractivity contribution >= 4 is 0 Å². The number of benzene rings is 2. The molecule has 3 fully saturated rings. The molecular weight excluding hydrogens is 1210 g/mol. The molecule has 0 bridgehead atoms. The molecule has 0 N–H and O–H groups in total. The number of para-hydroxylation sites is 2. The summed E-state index contributed by atoms with van der Waals surface area (Å²) in [6, 6.07) is 11.8. The first-order valence-corrected chi connectivity index (χ1v) is 32.6. The lowest BCUT2D eigenvalue weighted by Gasteiger charge is -2.19. The lowest BCUT2D eigenvalue weighted by molar-refractivity contribution is -0.0879. The third-order valence-electron chi connectivity index (χ3n) is 12.7. The Labute approximate surface area is 554 Å². The topological polar surface area (TPSA) is 222 Å². The predicted octanol–water partition coefficient (Wildman–Crippen LogP) is 6.76. The molecule has 0 saturated carbocycles. The molecule has 0 amide bonds. The van der Waals surface area contributed by atoms with E-state index in [1.807, 2.05) is 54.6 Å². The van der Waals surface area contributed by atoms with Crippen molar-refractivity contribution in [3.05, 3.63) is 111 Å². The summed E-state index contributed by atoms with van der Waals surface area (Å²) in [6.45, 7) is 41.2. The zero-order valence-corrected chi connectivity index (χ0v) is 55.5. The first-order valence-electron chi connectivity index (χ1n) is 32.6. The molecule has 93 heavy (non-hydrogen) atoms. The molecule has 2 aromatic rings. The van der Waals surface area contributed by atoms with E-state index in [4.69, 9.17) is 114 Å². The average Bonchev–Trinajstić information content (AvgIpc) is 1.04. The number of ether oxygens (including phenoxy) is 24. The zero-order chi connectivity index (χ0) is 66.1. The zero-order valence-electron chi connectivity index (χ0n) is 55.5. The van der Waals surface area contributed by atoms with Crippen LogP contribution >= 0.6 is 0 Å². The molecule has 0 aromatic heterocycles. The summed E-state index contributed by atoms with van der Waals surface area (Å²) in [5.74, 6) is 3.03. The Kier molecular flexibility index (Phi) is 56.6. The molecule has 3 atom stereocenters. The molecule has 3 unspecified atom stereocenters. The van der Waals surface area contributed by atoms with Crippen LogP contribution in [0.2, 0.25) is 0 Å². The van der Waals surface area contributed by atoms with Crippen LogP contribution in [0.15, 0.2) is 99.7 Å². The van der Waals surface area contributed by atoms with Crippen LogP contribution in [0.3, 0.4) is 0 Å². The highest BCUT2D eigenvalue weighted by atomic mass is 16.6. The maximum atomic E-state index is 5.87. The van der Waals surface area contributed by atoms with E-state index >= 15 is 0 Å². The number of allylic oxidation sites excluding steroid dienone is 2. The summed E-state index contributed by atoms with van der Waals surface area (Å²) in [7, 11) is 0. The fourth-order valence-electron chi connectivity index (χ4n) is 8.23. The van der Waals surface area contributed by atoms with Gasteiger partial charge < -0.3 is 114 Å². The minimum absolute atomic E-state index is 0.0574. The van der Waals surface area contributed by atoms with E-state index in [-0.39, 0.29) is 18.3 Å². The summed E-state index contributed by atoms with van der Waals surface area (Å²) in [5, 5.41) is 0. The maximum absolute atomic E-state index is 5.87. The van der Waals surface area contributed by atoms with Crippen LogP contribution in [0.1, 0.15) is 17.5 Å². The first kappa shape index (κ1) is 82.8. The molecule has 24 nitrogen and oxygen atoms in total. The van der Waals surface area contributed by atoms with Crippen LogP contribution in [0.5, 0.6) is 23.0 Å². The van der Waals surface area contributed by atoms with Gasteiger partial charge in [-0.25, -0.2) is 0 Å². The number of fused-ring (bicyclic) bond motifs is 2. The molecule has 0 radical (unpaired) electrons. The molecule has 0 spiro atoms. The minimum atomic E-state index is -0.0973. The fraction of sp³-hybridized carbons (Fsp3) is 0.681. The maximum Gasteiger partial charge on any atom is 0.164 e. The van der Waals surface area contributed by atoms with Gasteiger partial charge in [0.1, 0.15) is 38.6 Å². The predicted molar refractivity (Wildman–Crippen MR) is 351 cm³/mol. The molecule has 24 heteroatoms. The number of hydrogen-bond donors (Lipinski definition) is 0. The summed E-state index contributed by atoms with van der Waals surface area (Å²) in [5.41, 5.74) is 2.13. The monoisotopic (exact) mass is 1320 g/mol. The fourth-order valence-corrected chi connectivity index (χ4v) is 8.23. The molecule has 2 aromatic carbocycles. The van der Waals surface area contributed by atoms with Gasteiger partial charge in [0.25, 0.3) is 0 Å². The first-order chi connectivity index (χ1) is 46.1. The Morgan fingerprint density at radius 1 is 0.290 bits per heavy atom. The van der Waals surface area contributed by atoms with Gasteiger partial charge in [0.2, 0.25) is 0 Å². The number of rotatable bonds is 14. The van der Waals surface area contributed by atoms with Gasteiger partial charge in [0, 0.05) is 11.1 Å². The van der Waals surface area contributed by atoms with Crippen molar-refractivity contribution in [2.24, 2.45) is 0 Å². The van der Waals surface area contributed by atoms with Gasteiger partial charge in [-0.2, -0.15) is 0 Å². The molecule has 5 aliphatic rings. The van der Waals surface area contributed by atoms with E-state index in [0.29, 0.717) is 271 Å². The van der Waals surface area contributed by atoms with E-state index in [1.165, 1.54) is 0 Å². The summed E-state index contributed by atoms with van der Waals surface area (Å²) < 4.78 is 132. The summed E-state index contributed by atoms with van der Waals surface area (Å²) >= 11 is 0. The second-order valence-corrected chi connectivity index (χ2v) is 20.1. The Bertz CT molecular complexity index is 2010. The lowest BCUT2D eigenvalue weighted by atomic mass is 10.1. The van der Waals surface area contributed by atoms with E-state index in [9.17, 15) is 0 Å². The highest BCUT2D eigenvalue weighted by Crippen LogP contribution is 2.33. The van der Waals surface area contributed by atoms with Gasteiger partial charge in [0.05, 0.1) is 251 Å². The molecule has 532 valence electrons. The van der Waals surface area contributed by atoms with Gasteiger partial charge >= 0.3 is 0 Å². The van der Waals surface area contributed by atoms with Crippen molar-refractivity contribution in [3.63, 3.8) is 0 Å². The molecule has 3 saturated heterocycles. The Morgan fingerprint density at radius 2 is 0.559 bits per heavy atom. The number of hydrogen-bond acceptors (Lipinski definition) is 24. The van der Waals surface area contributed by atoms with Crippen molar-refractivity contribution in [1.29, 1.82) is 0 Å². The van der Waals surface area contributed by atoms with Crippen LogP contribution < -0.4 is 18.9 Å². The SMILES string of the molecule is C=CCC1COCCOCCOCCO1.C=CCOCC1COCCOCCOCCO1.C=CCOCC1COCCOCCOCCOCCO1.C=CCc1cccc2c1OCCOCCOCCO2.C=CCc1cccc2c1OCCOCCOCCOCCO2. The van der Waals surface area contributed by atoms with Gasteiger partial charge in [-0.15, -0.1) is 32.9 Å². The standard InChI is InChI=1S/C17H24O5.C15H20O4.C14H26O6.C12H22O5.C11H20O4/c1-2-4-15-5-3-6-16-17(15)22-14-12-20-10-8-18-7-9-19-11-13-21-16;1-2-4-13-5-3-6-14-15(13)19-12-10-17-8-7-16-9-11-18-14;1-2-3-18-12-14-13-19-9-8-16-5-4-15-6-7-17-10-11-20-14;1-2-3-15-10-12-11-16-7-6-13-4-5-14-8-9-17-12;1-2-3-11-10-14-7-6-12-4-5-13-8-9-15-11/h2-3,5-6H,1,4,7-14H2;2-3,5-6H,1,4,7-12H2;2,14H,1,3-13H2;2,12H,1,3-11H2;2,11H,1,3-10H2. The Balaban J connectivity index is 0.000000305. The van der Waals surface area contributed by atoms with Gasteiger partial charge in [-0.05, 0) is 31.4 Å². The van der Waals surface area contributed by atoms with Gasteiger partial charge in [-0.3, -0.25) is 0 Å². The van der Waals surface area contributed by atoms with Crippen LogP contribution in [0.25, 0.3) is 0 Å². The third kappa shape index (κ3) is 47.2. The summed E-state index contributed by atoms with van der Waals surface area (Å²) in [6.07, 6.45) is 11.2. The largest absolute Gasteiger partial charge is 0.487 e. The quantitative estimate of drug-likeness (QED) is 0.141. The third-order valence-corrected chi connectivity index (χ3v) is 12.7. The van der Waals surface area contributed by atoms with Crippen LogP contribution in [-0.4, -0.2) is 289 Å². The summed E-state index contributed by atoms with van der Waals surface area (Å²) in [4.78, 5) is 0. The van der Waals surface area contributed by atoms with E-state index in [1.54, 1.807) is 12.2 Å². The van der Waals surface area contributed by atoms with Crippen molar-refractivity contribution in [2.45, 2.75) is 37.6 Å².